The standard InChI is InChI=1S/C23H19N3O4/c1-30-21-9-5-4-8-20(21)25-22(24-19-7-3-2-6-18(19)23(25)27)15-12-16-10-13-17(14-11-16)26(28)29/h2-15,22,24H,1H3/b15-12+/t22-/m0/s1. The zero-order valence-corrected chi connectivity index (χ0v) is 16.2. The Bertz CT molecular complexity index is 1130. The Labute approximate surface area is 173 Å². The van der Waals surface area contributed by atoms with Gasteiger partial charge in [-0.05, 0) is 48.0 Å². The first-order valence-corrected chi connectivity index (χ1v) is 9.33. The number of fused-ring (bicyclic) bond motifs is 1. The first-order valence-electron chi connectivity index (χ1n) is 9.33. The summed E-state index contributed by atoms with van der Waals surface area (Å²) < 4.78 is 5.47. The lowest BCUT2D eigenvalue weighted by molar-refractivity contribution is -0.384. The van der Waals surface area contributed by atoms with E-state index in [0.717, 1.165) is 11.3 Å². The highest BCUT2D eigenvalue weighted by atomic mass is 16.6. The van der Waals surface area contributed by atoms with E-state index < -0.39 is 11.1 Å². The molecule has 0 bridgehead atoms. The molecule has 150 valence electrons. The maximum absolute atomic E-state index is 13.3. The van der Waals surface area contributed by atoms with Crippen LogP contribution >= 0.6 is 0 Å². The van der Waals surface area contributed by atoms with Crippen molar-refractivity contribution < 1.29 is 14.5 Å². The van der Waals surface area contributed by atoms with Gasteiger partial charge in [0.15, 0.2) is 0 Å². The second-order valence-corrected chi connectivity index (χ2v) is 6.69. The SMILES string of the molecule is COc1ccccc1N1C(=O)c2ccccc2N[C@@H]1/C=C/c1ccc([N+](=O)[O-])cc1. The average Bonchev–Trinajstić information content (AvgIpc) is 2.78. The van der Waals surface area contributed by atoms with Crippen molar-refractivity contribution in [1.29, 1.82) is 0 Å². The quantitative estimate of drug-likeness (QED) is 0.494. The summed E-state index contributed by atoms with van der Waals surface area (Å²) in [6.07, 6.45) is 3.20. The molecule has 0 saturated heterocycles. The molecule has 3 aromatic carbocycles. The van der Waals surface area contributed by atoms with Crippen molar-refractivity contribution in [2.24, 2.45) is 0 Å². The van der Waals surface area contributed by atoms with Crippen LogP contribution in [0.15, 0.2) is 78.9 Å². The van der Waals surface area contributed by atoms with Crippen LogP contribution in [0.4, 0.5) is 17.1 Å². The second-order valence-electron chi connectivity index (χ2n) is 6.69. The lowest BCUT2D eigenvalue weighted by Crippen LogP contribution is -2.48. The molecule has 7 heteroatoms. The van der Waals surface area contributed by atoms with Gasteiger partial charge in [-0.15, -0.1) is 0 Å². The zero-order valence-electron chi connectivity index (χ0n) is 16.2. The minimum Gasteiger partial charge on any atom is -0.495 e. The van der Waals surface area contributed by atoms with Crippen LogP contribution in [-0.2, 0) is 0 Å². The van der Waals surface area contributed by atoms with Crippen molar-refractivity contribution in [2.75, 3.05) is 17.3 Å². The molecule has 30 heavy (non-hydrogen) atoms. The van der Waals surface area contributed by atoms with Crippen molar-refractivity contribution in [3.05, 3.63) is 100 Å². The number of benzene rings is 3. The van der Waals surface area contributed by atoms with Gasteiger partial charge >= 0.3 is 0 Å². The Morgan fingerprint density at radius 2 is 1.73 bits per heavy atom. The number of non-ortho nitro benzene ring substituents is 1. The summed E-state index contributed by atoms with van der Waals surface area (Å²) in [5, 5.41) is 14.2. The maximum Gasteiger partial charge on any atom is 0.269 e. The van der Waals surface area contributed by atoms with Gasteiger partial charge in [-0.1, -0.05) is 30.3 Å². The number of nitrogens with zero attached hydrogens (tertiary/aromatic N) is 2. The number of carbonyl (C=O) groups is 1. The van der Waals surface area contributed by atoms with Crippen molar-refractivity contribution in [1.82, 2.24) is 0 Å². The summed E-state index contributed by atoms with van der Waals surface area (Å²) in [6, 6.07) is 20.9. The van der Waals surface area contributed by atoms with Crippen LogP contribution in [0.25, 0.3) is 6.08 Å². The maximum atomic E-state index is 13.3. The minimum absolute atomic E-state index is 0.0303. The Hall–Kier alpha value is -4.13. The molecule has 7 nitrogen and oxygen atoms in total. The summed E-state index contributed by atoms with van der Waals surface area (Å²) in [6.45, 7) is 0. The zero-order chi connectivity index (χ0) is 21.1. The molecule has 0 radical (unpaired) electrons. The number of hydrogen-bond donors (Lipinski definition) is 1. The number of para-hydroxylation sites is 3. The van der Waals surface area contributed by atoms with Crippen molar-refractivity contribution in [2.45, 2.75) is 6.17 Å². The lowest BCUT2D eigenvalue weighted by atomic mass is 10.1. The molecule has 0 aromatic heterocycles. The summed E-state index contributed by atoms with van der Waals surface area (Å²) in [7, 11) is 1.57. The first kappa shape index (κ1) is 19.2. The van der Waals surface area contributed by atoms with Gasteiger partial charge < -0.3 is 10.1 Å². The minimum atomic E-state index is -0.473. The predicted octanol–water partition coefficient (Wildman–Crippen LogP) is 4.72. The van der Waals surface area contributed by atoms with Gasteiger partial charge in [0, 0.05) is 17.8 Å². The van der Waals surface area contributed by atoms with E-state index in [2.05, 4.69) is 5.32 Å². The van der Waals surface area contributed by atoms with Gasteiger partial charge in [0.2, 0.25) is 0 Å². The summed E-state index contributed by atoms with van der Waals surface area (Å²) in [4.78, 5) is 25.4. The number of nitrogens with one attached hydrogen (secondary N) is 1. The number of nitro benzene ring substituents is 1. The molecule has 4 rings (SSSR count). The van der Waals surface area contributed by atoms with E-state index >= 15 is 0 Å². The number of methoxy groups -OCH3 is 1. The number of anilines is 2. The first-order chi connectivity index (χ1) is 14.6. The Kier molecular flexibility index (Phi) is 5.17. The molecule has 0 aliphatic carbocycles. The molecule has 1 atom stereocenters. The Morgan fingerprint density at radius 3 is 2.47 bits per heavy atom. The number of rotatable bonds is 5. The average molecular weight is 401 g/mol. The number of carbonyl (C=O) groups excluding carboxylic acids is 1. The van der Waals surface area contributed by atoms with Crippen LogP contribution in [-0.4, -0.2) is 24.1 Å². The van der Waals surface area contributed by atoms with E-state index in [0.29, 0.717) is 17.0 Å². The highest BCUT2D eigenvalue weighted by Gasteiger charge is 2.33. The highest BCUT2D eigenvalue weighted by Crippen LogP contribution is 2.35. The Morgan fingerprint density at radius 1 is 1.03 bits per heavy atom. The van der Waals surface area contributed by atoms with E-state index in [1.54, 1.807) is 36.3 Å². The molecule has 1 aliphatic rings. The van der Waals surface area contributed by atoms with Crippen LogP contribution < -0.4 is 15.0 Å². The molecule has 1 amide bonds. The van der Waals surface area contributed by atoms with Gasteiger partial charge in [0.25, 0.3) is 11.6 Å². The highest BCUT2D eigenvalue weighted by molar-refractivity contribution is 6.13. The third kappa shape index (κ3) is 3.60. The number of amides is 1. The van der Waals surface area contributed by atoms with Crippen molar-refractivity contribution in [3.63, 3.8) is 0 Å². The smallest absolute Gasteiger partial charge is 0.269 e. The summed E-state index contributed by atoms with van der Waals surface area (Å²) in [5.41, 5.74) is 2.78. The molecule has 3 aromatic rings. The van der Waals surface area contributed by atoms with Crippen LogP contribution in [0.2, 0.25) is 0 Å². The van der Waals surface area contributed by atoms with Gasteiger partial charge in [-0.3, -0.25) is 19.8 Å². The van der Waals surface area contributed by atoms with Crippen molar-refractivity contribution in [3.8, 4) is 5.75 Å². The summed E-state index contributed by atoms with van der Waals surface area (Å²) >= 11 is 0. The van der Waals surface area contributed by atoms with Crippen molar-refractivity contribution >= 4 is 29.0 Å². The molecule has 0 unspecified atom stereocenters. The van der Waals surface area contributed by atoms with Crippen LogP contribution in [0.3, 0.4) is 0 Å². The van der Waals surface area contributed by atoms with Gasteiger partial charge in [0.1, 0.15) is 11.9 Å². The normalized spacial score (nSPS) is 15.6. The monoisotopic (exact) mass is 401 g/mol. The van der Waals surface area contributed by atoms with Gasteiger partial charge in [0.05, 0.1) is 23.3 Å². The second kappa shape index (κ2) is 8.08. The molecule has 0 spiro atoms. The molecular formula is C23H19N3O4. The number of ether oxygens (including phenoxy) is 1. The largest absolute Gasteiger partial charge is 0.495 e. The number of nitro groups is 1. The van der Waals surface area contributed by atoms with E-state index in [4.69, 9.17) is 4.74 Å². The molecule has 1 heterocycles. The fourth-order valence-electron chi connectivity index (χ4n) is 3.41. The van der Waals surface area contributed by atoms with Crippen LogP contribution in [0.1, 0.15) is 15.9 Å². The molecule has 0 saturated carbocycles. The predicted molar refractivity (Wildman–Crippen MR) is 116 cm³/mol. The lowest BCUT2D eigenvalue weighted by Gasteiger charge is -2.36. The fraction of sp³-hybridized carbons (Fsp3) is 0.0870. The van der Waals surface area contributed by atoms with E-state index in [1.165, 1.54) is 12.1 Å². The van der Waals surface area contributed by atoms with Crippen LogP contribution in [0, 0.1) is 10.1 Å². The van der Waals surface area contributed by atoms with E-state index in [9.17, 15) is 14.9 Å². The molecular weight excluding hydrogens is 382 g/mol. The molecule has 0 fully saturated rings. The molecule has 1 aliphatic heterocycles. The third-order valence-electron chi connectivity index (χ3n) is 4.88. The fourth-order valence-corrected chi connectivity index (χ4v) is 3.41. The molecule has 1 N–H and O–H groups in total. The van der Waals surface area contributed by atoms with Gasteiger partial charge in [-0.25, -0.2) is 0 Å². The van der Waals surface area contributed by atoms with Crippen LogP contribution in [0.5, 0.6) is 5.75 Å². The topological polar surface area (TPSA) is 84.7 Å². The third-order valence-corrected chi connectivity index (χ3v) is 4.88. The van der Waals surface area contributed by atoms with E-state index in [1.807, 2.05) is 48.6 Å². The number of hydrogen-bond acceptors (Lipinski definition) is 5. The van der Waals surface area contributed by atoms with Gasteiger partial charge in [-0.2, -0.15) is 0 Å². The summed E-state index contributed by atoms with van der Waals surface area (Å²) in [5.74, 6) is 0.438. The van der Waals surface area contributed by atoms with E-state index in [-0.39, 0.29) is 11.6 Å². The Balaban J connectivity index is 1.73.